The molecule has 0 radical (unpaired) electrons. The zero-order chi connectivity index (χ0) is 34.4. The molecule has 1 aromatic carbocycles. The average Bonchev–Trinajstić information content (AvgIpc) is 2.98. The smallest absolute Gasteiger partial charge is 0.309 e. The predicted octanol–water partition coefficient (Wildman–Crippen LogP) is 8.98. The van der Waals surface area contributed by atoms with Gasteiger partial charge in [0.05, 0.1) is 52.9 Å². The van der Waals surface area contributed by atoms with Crippen molar-refractivity contribution in [2.75, 3.05) is 52.9 Å². The molecule has 0 amide bonds. The van der Waals surface area contributed by atoms with Gasteiger partial charge in [-0.25, -0.2) is 0 Å². The zero-order valence-electron chi connectivity index (χ0n) is 28.0. The first kappa shape index (κ1) is 42.5. The minimum atomic E-state index is -5.23. The van der Waals surface area contributed by atoms with Gasteiger partial charge < -0.3 is 36.2 Å². The summed E-state index contributed by atoms with van der Waals surface area (Å²) in [7, 11) is -20.5. The summed E-state index contributed by atoms with van der Waals surface area (Å²) in [6.07, 6.45) is -0.112. The molecule has 0 bridgehead atoms. The Labute approximate surface area is 268 Å². The summed E-state index contributed by atoms with van der Waals surface area (Å²) in [6.45, 7) is 11.2. The van der Waals surface area contributed by atoms with E-state index in [0.717, 1.165) is 0 Å². The first-order valence-electron chi connectivity index (χ1n) is 15.5. The number of hydrogen-bond acceptors (Lipinski definition) is 13. The number of ketones is 1. The van der Waals surface area contributed by atoms with Crippen LogP contribution in [0.15, 0.2) is 30.3 Å². The van der Waals surface area contributed by atoms with Crippen LogP contribution in [0.1, 0.15) is 79.1 Å². The highest BCUT2D eigenvalue weighted by Gasteiger charge is 2.85. The largest absolute Gasteiger partial charge is 0.362 e. The van der Waals surface area contributed by atoms with Crippen molar-refractivity contribution in [3.05, 3.63) is 35.9 Å². The van der Waals surface area contributed by atoms with E-state index in [4.69, 9.17) is 36.2 Å². The Hall–Kier alpha value is -0.510. The molecule has 2 atom stereocenters. The van der Waals surface area contributed by atoms with Crippen molar-refractivity contribution in [2.45, 2.75) is 79.0 Å². The van der Waals surface area contributed by atoms with Crippen LogP contribution in [-0.2, 0) is 54.5 Å². The van der Waals surface area contributed by atoms with Gasteiger partial charge in [0.1, 0.15) is 5.66 Å². The van der Waals surface area contributed by atoms with Gasteiger partial charge >= 0.3 is 30.4 Å². The molecule has 0 aliphatic carbocycles. The number of hydrogen-bond donors (Lipinski definition) is 0. The van der Waals surface area contributed by atoms with Gasteiger partial charge in [-0.1, -0.05) is 37.3 Å². The highest BCUT2D eigenvalue weighted by molar-refractivity contribution is 7.91. The second-order valence-electron chi connectivity index (χ2n) is 9.25. The minimum absolute atomic E-state index is 0.112. The maximum Gasteiger partial charge on any atom is 0.362 e. The summed E-state index contributed by atoms with van der Waals surface area (Å²) >= 11 is 0. The van der Waals surface area contributed by atoms with Crippen molar-refractivity contribution in [1.29, 1.82) is 0 Å². The normalized spacial score (nSPS) is 14.8. The molecule has 0 N–H and O–H groups in total. The van der Waals surface area contributed by atoms with Crippen LogP contribution in [0.25, 0.3) is 0 Å². The van der Waals surface area contributed by atoms with E-state index in [2.05, 4.69) is 0 Å². The standard InChI is InChI=1S/C28H52O13P4/c1-10-25(26(29)24-22-20-19-21-23-24)27(42(30,34-11-2)35-12-3)28(43(31,36-13-4)37-14-5,44(32,38-15-6)39-16-7)45(33,40-17-8)41-18-9/h19-23,25,27H,10-18H2,1-9H3. The molecule has 0 saturated heterocycles. The number of benzene rings is 1. The second kappa shape index (κ2) is 19.5. The van der Waals surface area contributed by atoms with E-state index >= 15 is 18.3 Å². The Bertz CT molecular complexity index is 1110. The van der Waals surface area contributed by atoms with E-state index in [9.17, 15) is 4.79 Å². The Morgan fingerprint density at radius 1 is 0.556 bits per heavy atom. The van der Waals surface area contributed by atoms with Crippen molar-refractivity contribution in [2.24, 2.45) is 5.92 Å². The van der Waals surface area contributed by atoms with Crippen molar-refractivity contribution in [3.8, 4) is 0 Å². The van der Waals surface area contributed by atoms with E-state index in [0.29, 0.717) is 0 Å². The molecule has 0 saturated carbocycles. The van der Waals surface area contributed by atoms with E-state index in [1.807, 2.05) is 0 Å². The Morgan fingerprint density at radius 3 is 1.13 bits per heavy atom. The fourth-order valence-corrected chi connectivity index (χ4v) is 20.7. The molecule has 0 aliphatic heterocycles. The van der Waals surface area contributed by atoms with Crippen LogP contribution in [0.3, 0.4) is 0 Å². The first-order valence-corrected chi connectivity index (χ1v) is 21.7. The maximum absolute atomic E-state index is 15.7. The zero-order valence-corrected chi connectivity index (χ0v) is 31.6. The summed E-state index contributed by atoms with van der Waals surface area (Å²) in [4.78, 5) is 14.5. The fraction of sp³-hybridized carbons (Fsp3) is 0.750. The van der Waals surface area contributed by atoms with Crippen molar-refractivity contribution in [3.63, 3.8) is 0 Å². The highest BCUT2D eigenvalue weighted by atomic mass is 31.3. The maximum atomic E-state index is 15.7. The van der Waals surface area contributed by atoms with Crippen molar-refractivity contribution < 1.29 is 59.2 Å². The third-order valence-corrected chi connectivity index (χ3v) is 21.1. The lowest BCUT2D eigenvalue weighted by atomic mass is 9.92. The van der Waals surface area contributed by atoms with Crippen LogP contribution in [0.4, 0.5) is 0 Å². The van der Waals surface area contributed by atoms with Gasteiger partial charge in [0.15, 0.2) is 5.78 Å². The lowest BCUT2D eigenvalue weighted by Gasteiger charge is -2.50. The van der Waals surface area contributed by atoms with Gasteiger partial charge in [-0.05, 0) is 61.8 Å². The second-order valence-corrected chi connectivity index (χ2v) is 19.1. The molecule has 45 heavy (non-hydrogen) atoms. The van der Waals surface area contributed by atoms with E-state index in [1.54, 1.807) is 25.1 Å². The summed E-state index contributed by atoms with van der Waals surface area (Å²) < 4.78 is 106. The van der Waals surface area contributed by atoms with Gasteiger partial charge in [0.25, 0.3) is 4.64 Å². The molecule has 1 rings (SSSR count). The van der Waals surface area contributed by atoms with Crippen LogP contribution in [0.5, 0.6) is 0 Å². The third kappa shape index (κ3) is 8.75. The molecular weight excluding hydrogens is 668 g/mol. The molecule has 0 fully saturated rings. The Balaban J connectivity index is 4.93. The van der Waals surface area contributed by atoms with Crippen LogP contribution in [-0.4, -0.2) is 68.9 Å². The molecule has 0 aliphatic rings. The average molecular weight is 721 g/mol. The number of rotatable bonds is 25. The van der Waals surface area contributed by atoms with Gasteiger partial charge in [-0.3, -0.25) is 23.1 Å². The number of Topliss-reactive ketones (excluding diaryl/α,β-unsaturated/α-hetero) is 1. The molecule has 0 spiro atoms. The van der Waals surface area contributed by atoms with Gasteiger partial charge in [0, 0.05) is 11.5 Å². The number of carbonyl (C=O) groups is 1. The Kier molecular flexibility index (Phi) is 18.4. The molecule has 1 aromatic rings. The van der Waals surface area contributed by atoms with Gasteiger partial charge in [0.2, 0.25) is 0 Å². The van der Waals surface area contributed by atoms with Crippen LogP contribution < -0.4 is 0 Å². The van der Waals surface area contributed by atoms with Crippen LogP contribution in [0.2, 0.25) is 0 Å². The van der Waals surface area contributed by atoms with E-state index in [1.165, 1.54) is 67.5 Å². The first-order chi connectivity index (χ1) is 21.3. The van der Waals surface area contributed by atoms with Gasteiger partial charge in [-0.2, -0.15) is 0 Å². The Morgan fingerprint density at radius 2 is 0.867 bits per heavy atom. The topological polar surface area (TPSA) is 159 Å². The van der Waals surface area contributed by atoms with Crippen molar-refractivity contribution >= 4 is 36.2 Å². The molecule has 262 valence electrons. The lowest BCUT2D eigenvalue weighted by Crippen LogP contribution is -2.51. The molecular formula is C28H52O13P4. The fourth-order valence-electron chi connectivity index (χ4n) is 5.27. The van der Waals surface area contributed by atoms with Crippen LogP contribution in [0, 0.1) is 5.92 Å². The third-order valence-electron chi connectivity index (χ3n) is 6.58. The molecule has 2 unspecified atom stereocenters. The molecule has 17 heteroatoms. The summed E-state index contributed by atoms with van der Waals surface area (Å²) in [5, 5.41) is 0. The highest BCUT2D eigenvalue weighted by Crippen LogP contribution is 2.95. The molecule has 0 heterocycles. The summed E-state index contributed by atoms with van der Waals surface area (Å²) in [5.41, 5.74) is -1.95. The molecule has 13 nitrogen and oxygen atoms in total. The monoisotopic (exact) mass is 720 g/mol. The number of carbonyl (C=O) groups excluding carboxylic acids is 1. The summed E-state index contributed by atoms with van der Waals surface area (Å²) in [6, 6.07) is 8.05. The summed E-state index contributed by atoms with van der Waals surface area (Å²) in [5.74, 6) is -2.13. The van der Waals surface area contributed by atoms with Gasteiger partial charge in [-0.15, -0.1) is 0 Å². The van der Waals surface area contributed by atoms with Crippen LogP contribution >= 0.6 is 30.4 Å². The molecule has 0 aromatic heterocycles. The van der Waals surface area contributed by atoms with Crippen molar-refractivity contribution in [1.82, 2.24) is 0 Å². The minimum Gasteiger partial charge on any atom is -0.309 e. The predicted molar refractivity (Wildman–Crippen MR) is 175 cm³/mol. The lowest BCUT2D eigenvalue weighted by molar-refractivity contribution is 0.0882. The van der Waals surface area contributed by atoms with E-state index in [-0.39, 0.29) is 64.8 Å². The SMILES string of the molecule is CCOP(=O)(OCC)C(C(CC)C(=O)c1ccccc1)C(P(=O)(OCC)OCC)(P(=O)(OCC)OCC)P(=O)(OCC)OCC. The quantitative estimate of drug-likeness (QED) is 0.0696. The van der Waals surface area contributed by atoms with E-state index < -0.39 is 52.4 Å².